The lowest BCUT2D eigenvalue weighted by Crippen LogP contribution is -2.27. The van der Waals surface area contributed by atoms with Gasteiger partial charge in [0.2, 0.25) is 0 Å². The van der Waals surface area contributed by atoms with Crippen LogP contribution in [0.5, 0.6) is 0 Å². The normalized spacial score (nSPS) is 13.9. The van der Waals surface area contributed by atoms with E-state index in [9.17, 15) is 18.0 Å². The van der Waals surface area contributed by atoms with Crippen molar-refractivity contribution in [3.05, 3.63) is 0 Å². The Labute approximate surface area is 55.2 Å². The highest BCUT2D eigenvalue weighted by molar-refractivity contribution is 5.87. The topological polar surface area (TPSA) is 40.9 Å². The molecule has 0 aromatic heterocycles. The van der Waals surface area contributed by atoms with E-state index in [4.69, 9.17) is 5.26 Å². The van der Waals surface area contributed by atoms with Crippen LogP contribution in [0.3, 0.4) is 0 Å². The van der Waals surface area contributed by atoms with Crippen LogP contribution in [-0.4, -0.2) is 12.0 Å². The van der Waals surface area contributed by atoms with Gasteiger partial charge in [-0.15, -0.1) is 0 Å². The summed E-state index contributed by atoms with van der Waals surface area (Å²) >= 11 is 0. The lowest BCUT2D eigenvalue weighted by molar-refractivity contribution is -0.173. The largest absolute Gasteiger partial charge is 0.451 e. The first-order chi connectivity index (χ1) is 4.39. The van der Waals surface area contributed by atoms with Crippen molar-refractivity contribution in [2.75, 3.05) is 0 Å². The molecule has 1 atom stereocenters. The zero-order chi connectivity index (χ0) is 8.36. The first-order valence-electron chi connectivity index (χ1n) is 2.40. The number of halogens is 3. The maximum Gasteiger partial charge on any atom is 0.451 e. The highest BCUT2D eigenvalue weighted by Gasteiger charge is 2.41. The fourth-order valence-corrected chi connectivity index (χ4v) is 0.304. The molecule has 0 bridgehead atoms. The van der Waals surface area contributed by atoms with E-state index in [1.807, 2.05) is 0 Å². The van der Waals surface area contributed by atoms with Gasteiger partial charge in [-0.3, -0.25) is 4.79 Å². The van der Waals surface area contributed by atoms with Crippen molar-refractivity contribution in [3.8, 4) is 6.07 Å². The van der Waals surface area contributed by atoms with Crippen molar-refractivity contribution in [1.82, 2.24) is 0 Å². The van der Waals surface area contributed by atoms with E-state index in [1.54, 1.807) is 0 Å². The smallest absolute Gasteiger partial charge is 0.288 e. The summed E-state index contributed by atoms with van der Waals surface area (Å²) in [7, 11) is 0. The van der Waals surface area contributed by atoms with Gasteiger partial charge in [-0.1, -0.05) is 0 Å². The summed E-state index contributed by atoms with van der Waals surface area (Å²) in [6.45, 7) is 0.913. The Morgan fingerprint density at radius 2 is 2.00 bits per heavy atom. The Bertz CT molecular complexity index is 178. The van der Waals surface area contributed by atoms with Crippen LogP contribution in [0.1, 0.15) is 6.92 Å². The molecule has 2 nitrogen and oxygen atoms in total. The molecule has 0 saturated heterocycles. The standard InChI is InChI=1S/C5H4F3NO/c1-3(2-9)4(10)5(6,7)8/h3H,1H3. The van der Waals surface area contributed by atoms with Crippen molar-refractivity contribution in [3.63, 3.8) is 0 Å². The predicted molar refractivity (Wildman–Crippen MR) is 25.8 cm³/mol. The third-order valence-electron chi connectivity index (χ3n) is 0.866. The number of rotatable bonds is 1. The van der Waals surface area contributed by atoms with Crippen LogP contribution >= 0.6 is 0 Å². The SMILES string of the molecule is CC(C#N)C(=O)C(F)(F)F. The van der Waals surface area contributed by atoms with Crippen LogP contribution < -0.4 is 0 Å². The Morgan fingerprint density at radius 3 is 2.10 bits per heavy atom. The fraction of sp³-hybridized carbons (Fsp3) is 0.600. The maximum atomic E-state index is 11.4. The molecule has 5 heteroatoms. The molecular weight excluding hydrogens is 147 g/mol. The first kappa shape index (κ1) is 8.95. The zero-order valence-electron chi connectivity index (χ0n) is 5.07. The Kier molecular flexibility index (Phi) is 2.41. The minimum absolute atomic E-state index is 0.913. The van der Waals surface area contributed by atoms with Gasteiger partial charge in [0.1, 0.15) is 5.92 Å². The molecule has 0 saturated carbocycles. The van der Waals surface area contributed by atoms with Crippen molar-refractivity contribution >= 4 is 5.78 Å². The van der Waals surface area contributed by atoms with Crippen molar-refractivity contribution in [2.24, 2.45) is 5.92 Å². The molecule has 0 aromatic carbocycles. The molecule has 0 radical (unpaired) electrons. The minimum atomic E-state index is -4.88. The van der Waals surface area contributed by atoms with E-state index in [-0.39, 0.29) is 0 Å². The minimum Gasteiger partial charge on any atom is -0.288 e. The summed E-state index contributed by atoms with van der Waals surface area (Å²) in [5.74, 6) is -3.59. The van der Waals surface area contributed by atoms with Gasteiger partial charge in [-0.25, -0.2) is 0 Å². The number of hydrogen-bond donors (Lipinski definition) is 0. The monoisotopic (exact) mass is 151 g/mol. The van der Waals surface area contributed by atoms with Gasteiger partial charge in [0.25, 0.3) is 5.78 Å². The number of carbonyl (C=O) groups excluding carboxylic acids is 1. The number of nitrogens with zero attached hydrogens (tertiary/aromatic N) is 1. The van der Waals surface area contributed by atoms with Crippen molar-refractivity contribution in [1.29, 1.82) is 5.26 Å². The summed E-state index contributed by atoms with van der Waals surface area (Å²) in [6.07, 6.45) is -4.88. The molecule has 10 heavy (non-hydrogen) atoms. The van der Waals surface area contributed by atoms with Gasteiger partial charge in [-0.2, -0.15) is 18.4 Å². The second-order valence-corrected chi connectivity index (χ2v) is 1.71. The quantitative estimate of drug-likeness (QED) is 0.566. The summed E-state index contributed by atoms with van der Waals surface area (Å²) in [5.41, 5.74) is 0. The molecule has 0 spiro atoms. The molecule has 0 aliphatic rings. The van der Waals surface area contributed by atoms with Crippen LogP contribution in [0, 0.1) is 17.2 Å². The highest BCUT2D eigenvalue weighted by Crippen LogP contribution is 2.19. The maximum absolute atomic E-state index is 11.4. The number of nitriles is 1. The van der Waals surface area contributed by atoms with E-state index >= 15 is 0 Å². The molecular formula is C5H4F3NO. The van der Waals surface area contributed by atoms with E-state index in [0.717, 1.165) is 6.92 Å². The van der Waals surface area contributed by atoms with E-state index in [1.165, 1.54) is 6.07 Å². The van der Waals surface area contributed by atoms with Crippen molar-refractivity contribution < 1.29 is 18.0 Å². The number of ketones is 1. The molecule has 0 amide bonds. The van der Waals surface area contributed by atoms with Crippen LogP contribution in [0.2, 0.25) is 0 Å². The average Bonchev–Trinajstić information content (AvgIpc) is 1.83. The Balaban J connectivity index is 4.27. The van der Waals surface area contributed by atoms with E-state index < -0.39 is 17.9 Å². The summed E-state index contributed by atoms with van der Waals surface area (Å²) < 4.78 is 34.2. The van der Waals surface area contributed by atoms with Gasteiger partial charge in [-0.05, 0) is 6.92 Å². The number of carbonyl (C=O) groups is 1. The fourth-order valence-electron chi connectivity index (χ4n) is 0.304. The lowest BCUT2D eigenvalue weighted by Gasteiger charge is -2.04. The highest BCUT2D eigenvalue weighted by atomic mass is 19.4. The molecule has 0 N–H and O–H groups in total. The second kappa shape index (κ2) is 2.69. The van der Waals surface area contributed by atoms with Gasteiger partial charge in [0, 0.05) is 0 Å². The third kappa shape index (κ3) is 2.05. The summed E-state index contributed by atoms with van der Waals surface area (Å²) in [4.78, 5) is 10.0. The Hall–Kier alpha value is -1.05. The van der Waals surface area contributed by atoms with Crippen LogP contribution in [0.25, 0.3) is 0 Å². The molecule has 0 rings (SSSR count). The summed E-state index contributed by atoms with van der Waals surface area (Å²) in [6, 6.07) is 1.20. The molecule has 56 valence electrons. The zero-order valence-corrected chi connectivity index (χ0v) is 5.07. The van der Waals surface area contributed by atoms with Crippen LogP contribution in [-0.2, 0) is 4.79 Å². The molecule has 0 fully saturated rings. The second-order valence-electron chi connectivity index (χ2n) is 1.71. The lowest BCUT2D eigenvalue weighted by atomic mass is 10.1. The molecule has 0 heterocycles. The number of Topliss-reactive ketones (excluding diaryl/α,β-unsaturated/α-hetero) is 1. The predicted octanol–water partition coefficient (Wildman–Crippen LogP) is 1.28. The number of alkyl halides is 3. The van der Waals surface area contributed by atoms with Gasteiger partial charge in [0.05, 0.1) is 6.07 Å². The van der Waals surface area contributed by atoms with Gasteiger partial charge in [0.15, 0.2) is 0 Å². The Morgan fingerprint density at radius 1 is 1.60 bits per heavy atom. The van der Waals surface area contributed by atoms with Crippen LogP contribution in [0.15, 0.2) is 0 Å². The van der Waals surface area contributed by atoms with E-state index in [0.29, 0.717) is 0 Å². The van der Waals surface area contributed by atoms with Gasteiger partial charge >= 0.3 is 6.18 Å². The third-order valence-corrected chi connectivity index (χ3v) is 0.866. The molecule has 0 aliphatic carbocycles. The molecule has 0 aromatic rings. The van der Waals surface area contributed by atoms with E-state index in [2.05, 4.69) is 0 Å². The first-order valence-corrected chi connectivity index (χ1v) is 2.40. The van der Waals surface area contributed by atoms with Crippen LogP contribution in [0.4, 0.5) is 13.2 Å². The summed E-state index contributed by atoms with van der Waals surface area (Å²) in [5, 5.41) is 7.90. The molecule has 1 unspecified atom stereocenters. The van der Waals surface area contributed by atoms with Gasteiger partial charge < -0.3 is 0 Å². The average molecular weight is 151 g/mol. The number of hydrogen-bond acceptors (Lipinski definition) is 2. The molecule has 0 aliphatic heterocycles. The van der Waals surface area contributed by atoms with Crippen molar-refractivity contribution in [2.45, 2.75) is 13.1 Å².